The molecule has 1 amide bonds. The standard InChI is InChI=1S/C14H9NO3/c15-14(17)9-2-4-13-11(6-9)10-5-8(7-16)1-3-12(10)18-13/h1-7H,(H2,15,17). The van der Waals surface area contributed by atoms with Crippen molar-refractivity contribution in [3.8, 4) is 0 Å². The van der Waals surface area contributed by atoms with Gasteiger partial charge in [0, 0.05) is 21.9 Å². The lowest BCUT2D eigenvalue weighted by molar-refractivity contribution is 0.1000. The molecule has 0 radical (unpaired) electrons. The van der Waals surface area contributed by atoms with Gasteiger partial charge in [-0.05, 0) is 36.4 Å². The minimum absolute atomic E-state index is 0.418. The third kappa shape index (κ3) is 1.47. The zero-order chi connectivity index (χ0) is 12.7. The Hall–Kier alpha value is -2.62. The Balaban J connectivity index is 2.40. The lowest BCUT2D eigenvalue weighted by Gasteiger charge is -1.95. The maximum Gasteiger partial charge on any atom is 0.248 e. The van der Waals surface area contributed by atoms with E-state index in [0.29, 0.717) is 22.3 Å². The fourth-order valence-corrected chi connectivity index (χ4v) is 2.02. The second-order valence-electron chi connectivity index (χ2n) is 4.05. The SMILES string of the molecule is NC(=O)c1ccc2oc3ccc(C=O)cc3c2c1. The number of primary amides is 1. The number of hydrogen-bond donors (Lipinski definition) is 1. The van der Waals surface area contributed by atoms with Crippen molar-refractivity contribution in [2.24, 2.45) is 5.73 Å². The Morgan fingerprint density at radius 2 is 1.72 bits per heavy atom. The summed E-state index contributed by atoms with van der Waals surface area (Å²) in [6.45, 7) is 0. The summed E-state index contributed by atoms with van der Waals surface area (Å²) in [5.41, 5.74) is 7.57. The van der Waals surface area contributed by atoms with Crippen LogP contribution in [0.25, 0.3) is 21.9 Å². The third-order valence-corrected chi connectivity index (χ3v) is 2.91. The lowest BCUT2D eigenvalue weighted by Crippen LogP contribution is -2.10. The van der Waals surface area contributed by atoms with Crippen LogP contribution in [0.3, 0.4) is 0 Å². The molecule has 0 unspecified atom stereocenters. The average molecular weight is 239 g/mol. The van der Waals surface area contributed by atoms with E-state index in [0.717, 1.165) is 17.1 Å². The third-order valence-electron chi connectivity index (χ3n) is 2.91. The van der Waals surface area contributed by atoms with E-state index in [1.807, 2.05) is 0 Å². The first-order valence-corrected chi connectivity index (χ1v) is 5.40. The van der Waals surface area contributed by atoms with E-state index in [1.54, 1.807) is 36.4 Å². The van der Waals surface area contributed by atoms with Gasteiger partial charge in [-0.25, -0.2) is 0 Å². The van der Waals surface area contributed by atoms with Crippen molar-refractivity contribution >= 4 is 34.1 Å². The molecule has 0 atom stereocenters. The van der Waals surface area contributed by atoms with Crippen molar-refractivity contribution in [1.82, 2.24) is 0 Å². The molecule has 0 saturated carbocycles. The highest BCUT2D eigenvalue weighted by atomic mass is 16.3. The number of carbonyl (C=O) groups is 2. The molecule has 3 rings (SSSR count). The molecular weight excluding hydrogens is 230 g/mol. The molecule has 0 aliphatic rings. The van der Waals surface area contributed by atoms with Crippen LogP contribution in [0.15, 0.2) is 40.8 Å². The number of furan rings is 1. The normalized spacial score (nSPS) is 10.9. The van der Waals surface area contributed by atoms with Gasteiger partial charge in [0.2, 0.25) is 5.91 Å². The van der Waals surface area contributed by atoms with Crippen LogP contribution in [-0.4, -0.2) is 12.2 Å². The summed E-state index contributed by atoms with van der Waals surface area (Å²) in [7, 11) is 0. The molecular formula is C14H9NO3. The van der Waals surface area contributed by atoms with E-state index >= 15 is 0 Å². The van der Waals surface area contributed by atoms with E-state index in [2.05, 4.69) is 0 Å². The summed E-state index contributed by atoms with van der Waals surface area (Å²) < 4.78 is 5.62. The number of nitrogens with two attached hydrogens (primary N) is 1. The van der Waals surface area contributed by atoms with Crippen LogP contribution in [0.5, 0.6) is 0 Å². The van der Waals surface area contributed by atoms with E-state index in [4.69, 9.17) is 10.2 Å². The summed E-state index contributed by atoms with van der Waals surface area (Å²) in [6, 6.07) is 10.2. The second kappa shape index (κ2) is 3.70. The van der Waals surface area contributed by atoms with Gasteiger partial charge in [0.05, 0.1) is 0 Å². The first-order valence-electron chi connectivity index (χ1n) is 5.40. The predicted octanol–water partition coefficient (Wildman–Crippen LogP) is 2.50. The Bertz CT molecular complexity index is 786. The monoisotopic (exact) mass is 239 g/mol. The Morgan fingerprint density at radius 1 is 1.06 bits per heavy atom. The van der Waals surface area contributed by atoms with E-state index < -0.39 is 5.91 Å². The largest absolute Gasteiger partial charge is 0.456 e. The Kier molecular flexibility index (Phi) is 2.16. The van der Waals surface area contributed by atoms with Gasteiger partial charge in [-0.3, -0.25) is 9.59 Å². The summed E-state index contributed by atoms with van der Waals surface area (Å²) >= 11 is 0. The van der Waals surface area contributed by atoms with Crippen LogP contribution in [-0.2, 0) is 0 Å². The quantitative estimate of drug-likeness (QED) is 0.698. The molecule has 88 valence electrons. The van der Waals surface area contributed by atoms with Gasteiger partial charge in [-0.15, -0.1) is 0 Å². The fraction of sp³-hybridized carbons (Fsp3) is 0. The second-order valence-corrected chi connectivity index (χ2v) is 4.05. The Labute approximate surface area is 102 Å². The van der Waals surface area contributed by atoms with Crippen molar-refractivity contribution in [3.05, 3.63) is 47.5 Å². The highest BCUT2D eigenvalue weighted by molar-refractivity contribution is 6.09. The van der Waals surface area contributed by atoms with Gasteiger partial charge in [-0.2, -0.15) is 0 Å². The van der Waals surface area contributed by atoms with Crippen molar-refractivity contribution < 1.29 is 14.0 Å². The minimum atomic E-state index is -0.488. The number of fused-ring (bicyclic) bond motifs is 3. The topological polar surface area (TPSA) is 73.3 Å². The van der Waals surface area contributed by atoms with E-state index in [-0.39, 0.29) is 0 Å². The van der Waals surface area contributed by atoms with Crippen LogP contribution in [0.4, 0.5) is 0 Å². The van der Waals surface area contributed by atoms with Gasteiger partial charge in [0.25, 0.3) is 0 Å². The molecule has 1 heterocycles. The van der Waals surface area contributed by atoms with Gasteiger partial charge >= 0.3 is 0 Å². The van der Waals surface area contributed by atoms with Gasteiger partial charge in [-0.1, -0.05) is 0 Å². The lowest BCUT2D eigenvalue weighted by atomic mass is 10.1. The summed E-state index contributed by atoms with van der Waals surface area (Å²) in [4.78, 5) is 21.9. The molecule has 0 aliphatic carbocycles. The number of benzene rings is 2. The number of carbonyl (C=O) groups excluding carboxylic acids is 2. The van der Waals surface area contributed by atoms with Crippen molar-refractivity contribution in [2.45, 2.75) is 0 Å². The maximum atomic E-state index is 11.2. The highest BCUT2D eigenvalue weighted by Gasteiger charge is 2.10. The zero-order valence-electron chi connectivity index (χ0n) is 9.34. The molecule has 1 aromatic heterocycles. The molecule has 0 spiro atoms. The molecule has 0 saturated heterocycles. The molecule has 2 aromatic carbocycles. The molecule has 2 N–H and O–H groups in total. The predicted molar refractivity (Wildman–Crippen MR) is 67.6 cm³/mol. The van der Waals surface area contributed by atoms with Gasteiger partial charge in [0.15, 0.2) is 0 Å². The first-order chi connectivity index (χ1) is 8.69. The van der Waals surface area contributed by atoms with Crippen LogP contribution in [0, 0.1) is 0 Å². The summed E-state index contributed by atoms with van der Waals surface area (Å²) in [6.07, 6.45) is 0.774. The van der Waals surface area contributed by atoms with Gasteiger partial charge < -0.3 is 10.2 Å². The summed E-state index contributed by atoms with van der Waals surface area (Å²) in [5.74, 6) is -0.488. The molecule has 0 aliphatic heterocycles. The van der Waals surface area contributed by atoms with Crippen molar-refractivity contribution in [3.63, 3.8) is 0 Å². The molecule has 0 fully saturated rings. The van der Waals surface area contributed by atoms with Crippen molar-refractivity contribution in [2.75, 3.05) is 0 Å². The van der Waals surface area contributed by atoms with E-state index in [1.165, 1.54) is 0 Å². The van der Waals surface area contributed by atoms with Gasteiger partial charge in [0.1, 0.15) is 17.5 Å². The molecule has 0 bridgehead atoms. The molecule has 4 heteroatoms. The maximum absolute atomic E-state index is 11.2. The van der Waals surface area contributed by atoms with Crippen LogP contribution < -0.4 is 5.73 Å². The minimum Gasteiger partial charge on any atom is -0.456 e. The summed E-state index contributed by atoms with van der Waals surface area (Å²) in [5, 5.41) is 1.59. The molecule has 18 heavy (non-hydrogen) atoms. The number of hydrogen-bond acceptors (Lipinski definition) is 3. The van der Waals surface area contributed by atoms with Crippen LogP contribution >= 0.6 is 0 Å². The number of amides is 1. The Morgan fingerprint density at radius 3 is 2.39 bits per heavy atom. The fourth-order valence-electron chi connectivity index (χ4n) is 2.02. The smallest absolute Gasteiger partial charge is 0.248 e. The molecule has 3 aromatic rings. The first kappa shape index (κ1) is 10.5. The number of rotatable bonds is 2. The van der Waals surface area contributed by atoms with Crippen molar-refractivity contribution in [1.29, 1.82) is 0 Å². The highest BCUT2D eigenvalue weighted by Crippen LogP contribution is 2.29. The average Bonchev–Trinajstić information content (AvgIpc) is 2.75. The van der Waals surface area contributed by atoms with Crippen LogP contribution in [0.1, 0.15) is 20.7 Å². The zero-order valence-corrected chi connectivity index (χ0v) is 9.34. The van der Waals surface area contributed by atoms with E-state index in [9.17, 15) is 9.59 Å². The van der Waals surface area contributed by atoms with Crippen LogP contribution in [0.2, 0.25) is 0 Å². The number of aldehydes is 1. The molecule has 4 nitrogen and oxygen atoms in total.